The summed E-state index contributed by atoms with van der Waals surface area (Å²) in [5, 5.41) is 0.498. The van der Waals surface area contributed by atoms with Crippen molar-refractivity contribution in [3.8, 4) is 11.5 Å². The molecule has 5 aromatic rings. The van der Waals surface area contributed by atoms with E-state index in [9.17, 15) is 13.2 Å². The van der Waals surface area contributed by atoms with Crippen LogP contribution in [0.4, 0.5) is 5.13 Å². The molecule has 0 saturated heterocycles. The lowest BCUT2D eigenvalue weighted by Crippen LogP contribution is -2.31. The topological polar surface area (TPSA) is 102 Å². The van der Waals surface area contributed by atoms with E-state index in [1.54, 1.807) is 36.4 Å². The first kappa shape index (κ1) is 27.8. The van der Waals surface area contributed by atoms with Crippen molar-refractivity contribution in [3.63, 3.8) is 0 Å². The van der Waals surface area contributed by atoms with Crippen LogP contribution in [0.25, 0.3) is 10.2 Å². The summed E-state index contributed by atoms with van der Waals surface area (Å²) < 4.78 is 40.6. The Morgan fingerprint density at radius 2 is 1.62 bits per heavy atom. The van der Waals surface area contributed by atoms with Crippen LogP contribution in [-0.2, 0) is 23.1 Å². The van der Waals surface area contributed by atoms with E-state index < -0.39 is 10.0 Å². The quantitative estimate of drug-likeness (QED) is 0.220. The summed E-state index contributed by atoms with van der Waals surface area (Å²) in [5.74, 6) is 0.968. The summed E-state index contributed by atoms with van der Waals surface area (Å²) in [7, 11) is -3.77. The van der Waals surface area contributed by atoms with Gasteiger partial charge in [-0.25, -0.2) is 13.4 Å². The van der Waals surface area contributed by atoms with Gasteiger partial charge in [-0.1, -0.05) is 54.7 Å². The van der Waals surface area contributed by atoms with Crippen molar-refractivity contribution in [3.05, 3.63) is 108 Å². The fourth-order valence-corrected chi connectivity index (χ4v) is 7.11. The van der Waals surface area contributed by atoms with Crippen molar-refractivity contribution in [2.45, 2.75) is 24.9 Å². The number of aromatic nitrogens is 2. The Balaban J connectivity index is 1.30. The maximum absolute atomic E-state index is 13.9. The molecule has 6 rings (SSSR count). The molecule has 0 atom stereocenters. The minimum atomic E-state index is -3.77. The first-order valence-electron chi connectivity index (χ1n) is 13.5. The van der Waals surface area contributed by atoms with Crippen LogP contribution >= 0.6 is 11.3 Å². The molecule has 9 nitrogen and oxygen atoms in total. The SMILES string of the molecule is CCN(Cc1ccccc1)S(=O)(=O)c1ccc(C(=O)N(Cc2cccnc2)c2nc3cc4c(cc3s2)OCCO4)cc1. The number of hydrogen-bond acceptors (Lipinski definition) is 8. The van der Waals surface area contributed by atoms with Crippen LogP contribution in [0.3, 0.4) is 0 Å². The third-order valence-corrected chi connectivity index (χ3v) is 9.85. The normalized spacial score (nSPS) is 12.9. The molecule has 214 valence electrons. The first-order chi connectivity index (χ1) is 20.4. The summed E-state index contributed by atoms with van der Waals surface area (Å²) in [4.78, 5) is 24.6. The molecular weight excluding hydrogens is 572 g/mol. The Hall–Kier alpha value is -4.32. The number of benzene rings is 3. The highest BCUT2D eigenvalue weighted by Gasteiger charge is 2.26. The van der Waals surface area contributed by atoms with Gasteiger partial charge in [0.25, 0.3) is 5.91 Å². The highest BCUT2D eigenvalue weighted by molar-refractivity contribution is 7.89. The van der Waals surface area contributed by atoms with Crippen LogP contribution in [-0.4, -0.2) is 48.4 Å². The van der Waals surface area contributed by atoms with E-state index in [2.05, 4.69) is 4.98 Å². The number of sulfonamides is 1. The Kier molecular flexibility index (Phi) is 7.88. The van der Waals surface area contributed by atoms with E-state index >= 15 is 0 Å². The Bertz CT molecular complexity index is 1770. The molecule has 11 heteroatoms. The van der Waals surface area contributed by atoms with Crippen LogP contribution in [0, 0.1) is 0 Å². The number of carbonyl (C=O) groups excluding carboxylic acids is 1. The Morgan fingerprint density at radius 3 is 2.31 bits per heavy atom. The highest BCUT2D eigenvalue weighted by atomic mass is 32.2. The van der Waals surface area contributed by atoms with Gasteiger partial charge < -0.3 is 9.47 Å². The molecule has 1 amide bonds. The lowest BCUT2D eigenvalue weighted by atomic mass is 10.2. The predicted molar refractivity (Wildman–Crippen MR) is 162 cm³/mol. The van der Waals surface area contributed by atoms with Gasteiger partial charge in [-0.3, -0.25) is 14.7 Å². The van der Waals surface area contributed by atoms with Crippen LogP contribution in [0.2, 0.25) is 0 Å². The predicted octanol–water partition coefficient (Wildman–Crippen LogP) is 5.52. The van der Waals surface area contributed by atoms with Crippen LogP contribution in [0.5, 0.6) is 11.5 Å². The van der Waals surface area contributed by atoms with Crippen LogP contribution in [0.1, 0.15) is 28.4 Å². The molecule has 0 aliphatic carbocycles. The number of carbonyl (C=O) groups is 1. The number of pyridine rings is 1. The monoisotopic (exact) mass is 600 g/mol. The van der Waals surface area contributed by atoms with E-state index in [4.69, 9.17) is 14.5 Å². The maximum Gasteiger partial charge on any atom is 0.260 e. The van der Waals surface area contributed by atoms with Crippen molar-refractivity contribution in [2.75, 3.05) is 24.7 Å². The van der Waals surface area contributed by atoms with Gasteiger partial charge in [0.1, 0.15) is 13.2 Å². The van der Waals surface area contributed by atoms with E-state index in [0.717, 1.165) is 15.8 Å². The van der Waals surface area contributed by atoms with Gasteiger partial charge in [0, 0.05) is 43.2 Å². The zero-order chi connectivity index (χ0) is 29.1. The molecule has 3 aromatic carbocycles. The second kappa shape index (κ2) is 11.9. The van der Waals surface area contributed by atoms with Crippen molar-refractivity contribution in [2.24, 2.45) is 0 Å². The molecular formula is C31H28N4O5S2. The molecule has 0 unspecified atom stereocenters. The number of rotatable bonds is 9. The third-order valence-electron chi connectivity index (χ3n) is 6.87. The van der Waals surface area contributed by atoms with E-state index in [-0.39, 0.29) is 23.9 Å². The largest absolute Gasteiger partial charge is 0.486 e. The molecule has 2 aromatic heterocycles. The average molecular weight is 601 g/mol. The number of hydrogen-bond donors (Lipinski definition) is 0. The van der Waals surface area contributed by atoms with Crippen molar-refractivity contribution < 1.29 is 22.7 Å². The minimum Gasteiger partial charge on any atom is -0.486 e. The third kappa shape index (κ3) is 5.71. The summed E-state index contributed by atoms with van der Waals surface area (Å²) in [6, 6.07) is 22.9. The molecule has 42 heavy (non-hydrogen) atoms. The Morgan fingerprint density at radius 1 is 0.905 bits per heavy atom. The first-order valence-corrected chi connectivity index (χ1v) is 15.7. The van der Waals surface area contributed by atoms with Crippen molar-refractivity contribution in [1.29, 1.82) is 0 Å². The van der Waals surface area contributed by atoms with Crippen molar-refractivity contribution in [1.82, 2.24) is 14.3 Å². The second-order valence-corrected chi connectivity index (χ2v) is 12.6. The summed E-state index contributed by atoms with van der Waals surface area (Å²) in [6.45, 7) is 3.56. The fraction of sp³-hybridized carbons (Fsp3) is 0.194. The van der Waals surface area contributed by atoms with Gasteiger partial charge in [-0.05, 0) is 41.5 Å². The standard InChI is InChI=1S/C31H28N4O5S2/c1-2-34(20-22-7-4-3-5-8-22)42(37,38)25-12-10-24(11-13-25)30(36)35(21-23-9-6-14-32-19-23)31-33-26-17-27-28(18-29(26)41-31)40-16-15-39-27/h3-14,17-19H,2,15-16,20-21H2,1H3. The molecule has 1 aliphatic rings. The Labute approximate surface area is 248 Å². The lowest BCUT2D eigenvalue weighted by molar-refractivity contribution is 0.0985. The van der Waals surface area contributed by atoms with E-state index in [1.807, 2.05) is 54.6 Å². The second-order valence-electron chi connectivity index (χ2n) is 9.65. The van der Waals surface area contributed by atoms with E-state index in [1.165, 1.54) is 27.8 Å². The summed E-state index contributed by atoms with van der Waals surface area (Å²) in [5.41, 5.74) is 2.77. The van der Waals surface area contributed by atoms with Gasteiger partial charge in [-0.2, -0.15) is 4.31 Å². The van der Waals surface area contributed by atoms with Gasteiger partial charge in [0.15, 0.2) is 16.6 Å². The molecule has 0 bridgehead atoms. The van der Waals surface area contributed by atoms with Gasteiger partial charge in [0.2, 0.25) is 10.0 Å². The number of ether oxygens (including phenoxy) is 2. The highest BCUT2D eigenvalue weighted by Crippen LogP contribution is 2.39. The maximum atomic E-state index is 13.9. The molecule has 3 heterocycles. The van der Waals surface area contributed by atoms with Gasteiger partial charge in [0.05, 0.1) is 21.7 Å². The van der Waals surface area contributed by atoms with Gasteiger partial charge in [-0.15, -0.1) is 0 Å². The number of fused-ring (bicyclic) bond motifs is 2. The average Bonchev–Trinajstić information content (AvgIpc) is 3.44. The lowest BCUT2D eigenvalue weighted by Gasteiger charge is -2.22. The molecule has 1 aliphatic heterocycles. The van der Waals surface area contributed by atoms with Crippen LogP contribution in [0.15, 0.2) is 96.2 Å². The zero-order valence-corrected chi connectivity index (χ0v) is 24.5. The molecule has 0 fully saturated rings. The van der Waals surface area contributed by atoms with Crippen molar-refractivity contribution >= 4 is 42.6 Å². The van der Waals surface area contributed by atoms with Gasteiger partial charge >= 0.3 is 0 Å². The molecule has 0 spiro atoms. The number of anilines is 1. The molecule has 0 N–H and O–H groups in total. The smallest absolute Gasteiger partial charge is 0.260 e. The molecule has 0 saturated carbocycles. The number of amides is 1. The number of thiazole rings is 1. The van der Waals surface area contributed by atoms with E-state index in [0.29, 0.717) is 47.5 Å². The summed E-state index contributed by atoms with van der Waals surface area (Å²) in [6.07, 6.45) is 3.38. The summed E-state index contributed by atoms with van der Waals surface area (Å²) >= 11 is 1.37. The molecule has 0 radical (unpaired) electrons. The van der Waals surface area contributed by atoms with Crippen LogP contribution < -0.4 is 14.4 Å². The minimum absolute atomic E-state index is 0.126. The number of nitrogens with zero attached hydrogens (tertiary/aromatic N) is 4. The fourth-order valence-electron chi connectivity index (χ4n) is 4.70. The zero-order valence-electron chi connectivity index (χ0n) is 22.8.